The van der Waals surface area contributed by atoms with Gasteiger partial charge in [0.1, 0.15) is 5.75 Å². The summed E-state index contributed by atoms with van der Waals surface area (Å²) in [5.41, 5.74) is 2.05. The Morgan fingerprint density at radius 2 is 2.14 bits per heavy atom. The molecule has 2 heteroatoms. The molecule has 2 nitrogen and oxygen atoms in total. The highest BCUT2D eigenvalue weighted by atomic mass is 16.5. The number of aryl methyl sites for hydroxylation is 1. The minimum Gasteiger partial charge on any atom is -0.496 e. The van der Waals surface area contributed by atoms with Crippen LogP contribution in [0, 0.1) is 6.92 Å². The number of methoxy groups -OCH3 is 1. The van der Waals surface area contributed by atoms with E-state index in [-0.39, 0.29) is 6.10 Å². The predicted octanol–water partition coefficient (Wildman–Crippen LogP) is 2.84. The van der Waals surface area contributed by atoms with E-state index in [2.05, 4.69) is 6.92 Å². The largest absolute Gasteiger partial charge is 0.496 e. The molecule has 0 heterocycles. The van der Waals surface area contributed by atoms with E-state index in [0.717, 1.165) is 29.7 Å². The molecule has 0 aliphatic rings. The molecule has 0 aliphatic heterocycles. The van der Waals surface area contributed by atoms with Crippen LogP contribution in [0.15, 0.2) is 18.2 Å². The van der Waals surface area contributed by atoms with Crippen molar-refractivity contribution in [2.24, 2.45) is 0 Å². The Morgan fingerprint density at radius 1 is 1.43 bits per heavy atom. The van der Waals surface area contributed by atoms with Crippen molar-refractivity contribution < 1.29 is 9.84 Å². The van der Waals surface area contributed by atoms with Gasteiger partial charge in [0, 0.05) is 0 Å². The van der Waals surface area contributed by atoms with Crippen LogP contribution in [0.4, 0.5) is 0 Å². The summed E-state index contributed by atoms with van der Waals surface area (Å²) >= 11 is 0. The number of rotatable bonds is 4. The topological polar surface area (TPSA) is 29.5 Å². The zero-order valence-electron chi connectivity index (χ0n) is 9.08. The first-order valence-electron chi connectivity index (χ1n) is 5.01. The van der Waals surface area contributed by atoms with Gasteiger partial charge in [-0.1, -0.05) is 19.4 Å². The normalized spacial score (nSPS) is 12.6. The lowest BCUT2D eigenvalue weighted by molar-refractivity contribution is 0.166. The van der Waals surface area contributed by atoms with Gasteiger partial charge in [-0.15, -0.1) is 0 Å². The van der Waals surface area contributed by atoms with Gasteiger partial charge in [-0.05, 0) is 36.6 Å². The third kappa shape index (κ3) is 2.48. The van der Waals surface area contributed by atoms with Gasteiger partial charge in [0.05, 0.1) is 13.2 Å². The van der Waals surface area contributed by atoms with Crippen LogP contribution in [-0.2, 0) is 0 Å². The molecule has 1 N–H and O–H groups in total. The minimum atomic E-state index is -0.343. The van der Waals surface area contributed by atoms with Crippen molar-refractivity contribution in [3.63, 3.8) is 0 Å². The molecule has 0 unspecified atom stereocenters. The van der Waals surface area contributed by atoms with Crippen LogP contribution in [-0.4, -0.2) is 12.2 Å². The molecule has 0 saturated heterocycles. The number of aliphatic hydroxyl groups is 1. The molecule has 0 aromatic heterocycles. The fourth-order valence-electron chi connectivity index (χ4n) is 1.55. The highest BCUT2D eigenvalue weighted by Crippen LogP contribution is 2.24. The van der Waals surface area contributed by atoms with Gasteiger partial charge >= 0.3 is 0 Å². The minimum absolute atomic E-state index is 0.343. The maximum Gasteiger partial charge on any atom is 0.121 e. The van der Waals surface area contributed by atoms with Gasteiger partial charge in [0.25, 0.3) is 0 Å². The summed E-state index contributed by atoms with van der Waals surface area (Å²) in [7, 11) is 1.66. The number of aliphatic hydroxyl groups excluding tert-OH is 1. The van der Waals surface area contributed by atoms with Crippen molar-refractivity contribution in [1.82, 2.24) is 0 Å². The number of hydrogen-bond donors (Lipinski definition) is 1. The monoisotopic (exact) mass is 194 g/mol. The van der Waals surface area contributed by atoms with Gasteiger partial charge in [-0.2, -0.15) is 0 Å². The van der Waals surface area contributed by atoms with Crippen LogP contribution in [0.2, 0.25) is 0 Å². The third-order valence-electron chi connectivity index (χ3n) is 2.37. The van der Waals surface area contributed by atoms with Crippen LogP contribution in [0.3, 0.4) is 0 Å². The Balaban J connectivity index is 2.85. The van der Waals surface area contributed by atoms with Crippen LogP contribution >= 0.6 is 0 Å². The average Bonchev–Trinajstić information content (AvgIpc) is 2.18. The molecule has 0 fully saturated rings. The molecule has 14 heavy (non-hydrogen) atoms. The quantitative estimate of drug-likeness (QED) is 0.798. The average molecular weight is 194 g/mol. The Bertz CT molecular complexity index is 294. The highest BCUT2D eigenvalue weighted by molar-refractivity contribution is 5.36. The summed E-state index contributed by atoms with van der Waals surface area (Å²) < 4.78 is 5.16. The molecule has 78 valence electrons. The van der Waals surface area contributed by atoms with Crippen molar-refractivity contribution in [3.8, 4) is 5.75 Å². The van der Waals surface area contributed by atoms with Crippen LogP contribution < -0.4 is 4.74 Å². The summed E-state index contributed by atoms with van der Waals surface area (Å²) in [6.07, 6.45) is 1.46. The van der Waals surface area contributed by atoms with E-state index in [0.29, 0.717) is 0 Å². The smallest absolute Gasteiger partial charge is 0.121 e. The number of hydrogen-bond acceptors (Lipinski definition) is 2. The molecule has 0 radical (unpaired) electrons. The summed E-state index contributed by atoms with van der Waals surface area (Å²) in [4.78, 5) is 0. The fourth-order valence-corrected chi connectivity index (χ4v) is 1.55. The van der Waals surface area contributed by atoms with Gasteiger partial charge in [0.2, 0.25) is 0 Å². The van der Waals surface area contributed by atoms with Crippen molar-refractivity contribution in [2.45, 2.75) is 32.8 Å². The number of ether oxygens (including phenoxy) is 1. The molecule has 0 spiro atoms. The Hall–Kier alpha value is -1.02. The van der Waals surface area contributed by atoms with Gasteiger partial charge < -0.3 is 9.84 Å². The third-order valence-corrected chi connectivity index (χ3v) is 2.37. The lowest BCUT2D eigenvalue weighted by Gasteiger charge is -2.12. The second-order valence-electron chi connectivity index (χ2n) is 3.53. The van der Waals surface area contributed by atoms with Crippen molar-refractivity contribution in [2.75, 3.05) is 7.11 Å². The molecular weight excluding hydrogens is 176 g/mol. The molecule has 1 aromatic carbocycles. The van der Waals surface area contributed by atoms with Gasteiger partial charge in [-0.3, -0.25) is 0 Å². The second-order valence-corrected chi connectivity index (χ2v) is 3.53. The molecule has 1 aromatic rings. The molecule has 0 aliphatic carbocycles. The molecule has 1 rings (SSSR count). The molecule has 0 saturated carbocycles. The standard InChI is InChI=1S/C12H18O2/c1-4-5-11(13)10-6-7-12(14-3)9(2)8-10/h6-8,11,13H,4-5H2,1-3H3/t11-/m1/s1. The van der Waals surface area contributed by atoms with Crippen molar-refractivity contribution in [1.29, 1.82) is 0 Å². The SMILES string of the molecule is CCC[C@@H](O)c1ccc(OC)c(C)c1. The van der Waals surface area contributed by atoms with E-state index in [4.69, 9.17) is 4.74 Å². The maximum atomic E-state index is 9.77. The van der Waals surface area contributed by atoms with Crippen molar-refractivity contribution in [3.05, 3.63) is 29.3 Å². The Kier molecular flexibility index (Phi) is 3.96. The van der Waals surface area contributed by atoms with Crippen LogP contribution in [0.5, 0.6) is 5.75 Å². The maximum absolute atomic E-state index is 9.77. The fraction of sp³-hybridized carbons (Fsp3) is 0.500. The lowest BCUT2D eigenvalue weighted by Crippen LogP contribution is -1.98. The number of benzene rings is 1. The highest BCUT2D eigenvalue weighted by Gasteiger charge is 2.07. The molecular formula is C12H18O2. The first kappa shape index (κ1) is 11.1. The molecule has 1 atom stereocenters. The van der Waals surface area contributed by atoms with Gasteiger partial charge in [0.15, 0.2) is 0 Å². The Labute approximate surface area is 85.5 Å². The molecule has 0 bridgehead atoms. The van der Waals surface area contributed by atoms with Crippen LogP contribution in [0.25, 0.3) is 0 Å². The first-order valence-corrected chi connectivity index (χ1v) is 5.01. The Morgan fingerprint density at radius 3 is 2.64 bits per heavy atom. The first-order chi connectivity index (χ1) is 6.69. The van der Waals surface area contributed by atoms with E-state index in [9.17, 15) is 5.11 Å². The summed E-state index contributed by atoms with van der Waals surface area (Å²) in [5.74, 6) is 0.873. The summed E-state index contributed by atoms with van der Waals surface area (Å²) in [6, 6.07) is 5.81. The van der Waals surface area contributed by atoms with E-state index < -0.39 is 0 Å². The van der Waals surface area contributed by atoms with Crippen LogP contribution in [0.1, 0.15) is 37.0 Å². The predicted molar refractivity (Wildman–Crippen MR) is 57.6 cm³/mol. The zero-order chi connectivity index (χ0) is 10.6. The lowest BCUT2D eigenvalue weighted by atomic mass is 10.0. The second kappa shape index (κ2) is 5.01. The van der Waals surface area contributed by atoms with Gasteiger partial charge in [-0.25, -0.2) is 0 Å². The van der Waals surface area contributed by atoms with E-state index >= 15 is 0 Å². The zero-order valence-corrected chi connectivity index (χ0v) is 9.08. The van der Waals surface area contributed by atoms with E-state index in [1.165, 1.54) is 0 Å². The molecule has 0 amide bonds. The van der Waals surface area contributed by atoms with E-state index in [1.54, 1.807) is 7.11 Å². The van der Waals surface area contributed by atoms with Crippen molar-refractivity contribution >= 4 is 0 Å². The summed E-state index contributed by atoms with van der Waals surface area (Å²) in [6.45, 7) is 4.06. The van der Waals surface area contributed by atoms with E-state index in [1.807, 2.05) is 25.1 Å². The summed E-state index contributed by atoms with van der Waals surface area (Å²) in [5, 5.41) is 9.77.